The number of benzene rings is 1. The van der Waals surface area contributed by atoms with Crippen LogP contribution in [0.4, 0.5) is 0 Å². The van der Waals surface area contributed by atoms with Gasteiger partial charge in [-0.1, -0.05) is 18.2 Å². The Morgan fingerprint density at radius 1 is 1.42 bits per heavy atom. The van der Waals surface area contributed by atoms with Crippen molar-refractivity contribution in [1.29, 1.82) is 0 Å². The van der Waals surface area contributed by atoms with Gasteiger partial charge in [0.1, 0.15) is 0 Å². The molecule has 1 heterocycles. The lowest BCUT2D eigenvalue weighted by Crippen LogP contribution is -2.40. The van der Waals surface area contributed by atoms with Crippen LogP contribution in [0.25, 0.3) is 10.9 Å². The Morgan fingerprint density at radius 2 is 2.11 bits per heavy atom. The first-order chi connectivity index (χ1) is 9.00. The van der Waals surface area contributed by atoms with Crippen molar-refractivity contribution in [2.24, 2.45) is 5.73 Å². The smallest absolute Gasteiger partial charge is 0.238 e. The Labute approximate surface area is 113 Å². The van der Waals surface area contributed by atoms with Gasteiger partial charge in [0.05, 0.1) is 6.04 Å². The zero-order valence-electron chi connectivity index (χ0n) is 11.7. The van der Waals surface area contributed by atoms with Crippen LogP contribution >= 0.6 is 0 Å². The highest BCUT2D eigenvalue weighted by Crippen LogP contribution is 2.22. The fourth-order valence-electron chi connectivity index (χ4n) is 2.39. The molecule has 1 atom stereocenters. The maximum Gasteiger partial charge on any atom is 0.238 e. The molecule has 1 unspecified atom stereocenters. The molecule has 0 bridgehead atoms. The van der Waals surface area contributed by atoms with Crippen LogP contribution in [-0.2, 0) is 11.2 Å². The highest BCUT2D eigenvalue weighted by Gasteiger charge is 2.14. The van der Waals surface area contributed by atoms with Gasteiger partial charge in [-0.2, -0.15) is 0 Å². The van der Waals surface area contributed by atoms with Gasteiger partial charge in [-0.3, -0.25) is 4.79 Å². The van der Waals surface area contributed by atoms with Crippen molar-refractivity contribution >= 4 is 16.8 Å². The Hall–Kier alpha value is -1.81. The van der Waals surface area contributed by atoms with E-state index in [-0.39, 0.29) is 5.91 Å². The summed E-state index contributed by atoms with van der Waals surface area (Å²) in [5.74, 6) is -0.0162. The molecule has 0 radical (unpaired) electrons. The van der Waals surface area contributed by atoms with Gasteiger partial charge in [-0.15, -0.1) is 0 Å². The summed E-state index contributed by atoms with van der Waals surface area (Å²) in [6, 6.07) is 7.81. The number of amides is 1. The molecule has 19 heavy (non-hydrogen) atoms. The minimum Gasteiger partial charge on any atom is -0.358 e. The van der Waals surface area contributed by atoms with Crippen LogP contribution < -0.4 is 5.73 Å². The first-order valence-electron chi connectivity index (χ1n) is 6.57. The van der Waals surface area contributed by atoms with Gasteiger partial charge in [0, 0.05) is 30.2 Å². The fourth-order valence-corrected chi connectivity index (χ4v) is 2.39. The number of aryl methyl sites for hydroxylation is 1. The monoisotopic (exact) mass is 259 g/mol. The second-order valence-corrected chi connectivity index (χ2v) is 5.07. The number of hydrogen-bond acceptors (Lipinski definition) is 2. The van der Waals surface area contributed by atoms with Crippen LogP contribution in [-0.4, -0.2) is 35.4 Å². The molecule has 0 fully saturated rings. The van der Waals surface area contributed by atoms with Crippen LogP contribution in [0.3, 0.4) is 0 Å². The van der Waals surface area contributed by atoms with Gasteiger partial charge in [-0.05, 0) is 31.9 Å². The minimum atomic E-state index is -0.436. The molecule has 2 rings (SSSR count). The lowest BCUT2D eigenvalue weighted by atomic mass is 10.1. The maximum absolute atomic E-state index is 11.7. The molecule has 0 aliphatic heterocycles. The number of nitrogens with two attached hydrogens (primary N) is 1. The zero-order valence-corrected chi connectivity index (χ0v) is 11.7. The molecule has 4 nitrogen and oxygen atoms in total. The topological polar surface area (TPSA) is 62.1 Å². The third kappa shape index (κ3) is 2.79. The van der Waals surface area contributed by atoms with Crippen molar-refractivity contribution < 1.29 is 4.79 Å². The van der Waals surface area contributed by atoms with E-state index in [0.717, 1.165) is 11.9 Å². The third-order valence-corrected chi connectivity index (χ3v) is 3.49. The number of fused-ring (bicyclic) bond motifs is 1. The SMILES string of the molecule is Cc1[nH]c2ccccc2c1CCN(C)C(=O)C(C)N. The van der Waals surface area contributed by atoms with Crippen LogP contribution in [0.2, 0.25) is 0 Å². The van der Waals surface area contributed by atoms with E-state index < -0.39 is 6.04 Å². The molecule has 1 amide bonds. The van der Waals surface area contributed by atoms with Crippen molar-refractivity contribution in [1.82, 2.24) is 9.88 Å². The van der Waals surface area contributed by atoms with Gasteiger partial charge in [0.15, 0.2) is 0 Å². The Morgan fingerprint density at radius 3 is 2.79 bits per heavy atom. The first kappa shape index (κ1) is 13.6. The van der Waals surface area contributed by atoms with Crippen LogP contribution in [0.1, 0.15) is 18.2 Å². The summed E-state index contributed by atoms with van der Waals surface area (Å²) >= 11 is 0. The van der Waals surface area contributed by atoms with Crippen molar-refractivity contribution in [2.75, 3.05) is 13.6 Å². The average Bonchev–Trinajstić information content (AvgIpc) is 2.70. The third-order valence-electron chi connectivity index (χ3n) is 3.49. The predicted octanol–water partition coefficient (Wildman–Crippen LogP) is 1.82. The van der Waals surface area contributed by atoms with E-state index in [1.807, 2.05) is 12.1 Å². The zero-order chi connectivity index (χ0) is 14.0. The molecule has 0 saturated heterocycles. The lowest BCUT2D eigenvalue weighted by Gasteiger charge is -2.19. The average molecular weight is 259 g/mol. The van der Waals surface area contributed by atoms with Crippen molar-refractivity contribution in [3.63, 3.8) is 0 Å². The van der Waals surface area contributed by atoms with Gasteiger partial charge in [0.25, 0.3) is 0 Å². The second-order valence-electron chi connectivity index (χ2n) is 5.07. The summed E-state index contributed by atoms with van der Waals surface area (Å²) in [5, 5.41) is 1.24. The molecule has 0 aliphatic carbocycles. The summed E-state index contributed by atoms with van der Waals surface area (Å²) in [6.45, 7) is 4.47. The normalized spacial score (nSPS) is 12.6. The molecular formula is C15H21N3O. The van der Waals surface area contributed by atoms with E-state index in [0.29, 0.717) is 6.54 Å². The number of nitrogens with one attached hydrogen (secondary N) is 1. The molecule has 0 saturated carbocycles. The highest BCUT2D eigenvalue weighted by atomic mass is 16.2. The Kier molecular flexibility index (Phi) is 3.90. The Bertz CT molecular complexity index is 586. The van der Waals surface area contributed by atoms with Gasteiger partial charge < -0.3 is 15.6 Å². The molecule has 2 aromatic rings. The molecule has 0 aliphatic rings. The van der Waals surface area contributed by atoms with Gasteiger partial charge >= 0.3 is 0 Å². The number of carbonyl (C=O) groups is 1. The summed E-state index contributed by atoms with van der Waals surface area (Å²) in [6.07, 6.45) is 0.838. The molecular weight excluding hydrogens is 238 g/mol. The number of hydrogen-bond donors (Lipinski definition) is 2. The maximum atomic E-state index is 11.7. The summed E-state index contributed by atoms with van der Waals surface area (Å²) in [4.78, 5) is 16.8. The largest absolute Gasteiger partial charge is 0.358 e. The molecule has 1 aromatic carbocycles. The lowest BCUT2D eigenvalue weighted by molar-refractivity contribution is -0.130. The standard InChI is InChI=1S/C15H21N3O/c1-10(16)15(19)18(3)9-8-12-11(2)17-14-7-5-4-6-13(12)14/h4-7,10,17H,8-9,16H2,1-3H3. The van der Waals surface area contributed by atoms with E-state index in [1.165, 1.54) is 16.6 Å². The number of H-pyrrole nitrogens is 1. The molecule has 4 heteroatoms. The number of carbonyl (C=O) groups excluding carboxylic acids is 1. The molecule has 102 valence electrons. The van der Waals surface area contributed by atoms with E-state index in [2.05, 4.69) is 24.0 Å². The molecule has 1 aromatic heterocycles. The summed E-state index contributed by atoms with van der Waals surface area (Å²) in [7, 11) is 1.80. The number of rotatable bonds is 4. The first-order valence-corrected chi connectivity index (χ1v) is 6.57. The quantitative estimate of drug-likeness (QED) is 0.880. The van der Waals surface area contributed by atoms with E-state index >= 15 is 0 Å². The van der Waals surface area contributed by atoms with Crippen LogP contribution in [0.15, 0.2) is 24.3 Å². The van der Waals surface area contributed by atoms with Gasteiger partial charge in [-0.25, -0.2) is 0 Å². The Balaban J connectivity index is 2.14. The highest BCUT2D eigenvalue weighted by molar-refractivity contribution is 5.85. The minimum absolute atomic E-state index is 0.0162. The van der Waals surface area contributed by atoms with E-state index in [1.54, 1.807) is 18.9 Å². The van der Waals surface area contributed by atoms with Gasteiger partial charge in [0.2, 0.25) is 5.91 Å². The predicted molar refractivity (Wildman–Crippen MR) is 78.0 cm³/mol. The number of likely N-dealkylation sites (N-methyl/N-ethyl adjacent to an activating group) is 1. The number of para-hydroxylation sites is 1. The van der Waals surface area contributed by atoms with Crippen molar-refractivity contribution in [2.45, 2.75) is 26.3 Å². The second kappa shape index (κ2) is 5.45. The van der Waals surface area contributed by atoms with E-state index in [4.69, 9.17) is 5.73 Å². The van der Waals surface area contributed by atoms with Crippen molar-refractivity contribution in [3.8, 4) is 0 Å². The fraction of sp³-hybridized carbons (Fsp3) is 0.400. The van der Waals surface area contributed by atoms with Crippen LogP contribution in [0.5, 0.6) is 0 Å². The van der Waals surface area contributed by atoms with E-state index in [9.17, 15) is 4.79 Å². The molecule has 0 spiro atoms. The van der Waals surface area contributed by atoms with Crippen molar-refractivity contribution in [3.05, 3.63) is 35.5 Å². The summed E-state index contributed by atoms with van der Waals surface area (Å²) in [5.41, 5.74) is 9.21. The number of aromatic amines is 1. The molecule has 3 N–H and O–H groups in total. The summed E-state index contributed by atoms with van der Waals surface area (Å²) < 4.78 is 0. The van der Waals surface area contributed by atoms with Crippen LogP contribution in [0, 0.1) is 6.92 Å². The number of aromatic nitrogens is 1. The number of nitrogens with zero attached hydrogens (tertiary/aromatic N) is 1.